The Balaban J connectivity index is 2.37. The molecule has 2 rings (SSSR count). The number of carbonyl (C=O) groups excluding carboxylic acids is 1. The van der Waals surface area contributed by atoms with E-state index >= 15 is 0 Å². The molecule has 0 aromatic heterocycles. The third kappa shape index (κ3) is 2.00. The summed E-state index contributed by atoms with van der Waals surface area (Å²) in [5, 5.41) is 0. The Labute approximate surface area is 93.0 Å². The fraction of sp³-hybridized carbons (Fsp3) is 0. The van der Waals surface area contributed by atoms with Gasteiger partial charge in [0.2, 0.25) is 0 Å². The molecule has 4 heteroatoms. The van der Waals surface area contributed by atoms with Crippen molar-refractivity contribution in [1.82, 2.24) is 0 Å². The van der Waals surface area contributed by atoms with Crippen molar-refractivity contribution in [3.8, 4) is 0 Å². The van der Waals surface area contributed by atoms with Crippen molar-refractivity contribution in [3.05, 3.63) is 42.5 Å². The molecule has 0 saturated carbocycles. The lowest BCUT2D eigenvalue weighted by molar-refractivity contribution is -0.110. The van der Waals surface area contributed by atoms with E-state index in [4.69, 9.17) is 11.5 Å². The molecule has 1 aliphatic carbocycles. The van der Waals surface area contributed by atoms with Gasteiger partial charge in [-0.25, -0.2) is 4.99 Å². The first kappa shape index (κ1) is 10.2. The Morgan fingerprint density at radius 3 is 2.38 bits per heavy atom. The molecule has 0 unspecified atom stereocenters. The van der Waals surface area contributed by atoms with Crippen LogP contribution in [0.15, 0.2) is 47.5 Å². The van der Waals surface area contributed by atoms with E-state index < -0.39 is 0 Å². The van der Waals surface area contributed by atoms with Gasteiger partial charge in [-0.2, -0.15) is 0 Å². The van der Waals surface area contributed by atoms with Crippen LogP contribution in [0.25, 0.3) is 0 Å². The van der Waals surface area contributed by atoms with Crippen LogP contribution in [0.2, 0.25) is 0 Å². The average Bonchev–Trinajstić information content (AvgIpc) is 2.28. The number of benzene rings is 1. The highest BCUT2D eigenvalue weighted by atomic mass is 16.1. The van der Waals surface area contributed by atoms with Gasteiger partial charge in [-0.1, -0.05) is 6.07 Å². The zero-order valence-corrected chi connectivity index (χ0v) is 8.55. The van der Waals surface area contributed by atoms with Crippen LogP contribution >= 0.6 is 0 Å². The van der Waals surface area contributed by atoms with Gasteiger partial charge in [-0.15, -0.1) is 0 Å². The molecule has 0 amide bonds. The minimum Gasteiger partial charge on any atom is -0.397 e. The lowest BCUT2D eigenvalue weighted by Crippen LogP contribution is -1.99. The summed E-state index contributed by atoms with van der Waals surface area (Å²) in [6.07, 6.45) is 6.21. The maximum absolute atomic E-state index is 10.9. The summed E-state index contributed by atoms with van der Waals surface area (Å²) in [5.41, 5.74) is 13.7. The van der Waals surface area contributed by atoms with Gasteiger partial charge in [0.1, 0.15) is 0 Å². The Kier molecular flexibility index (Phi) is 2.55. The number of hydrogen-bond donors (Lipinski definition) is 2. The molecule has 0 radical (unpaired) electrons. The van der Waals surface area contributed by atoms with Crippen LogP contribution in [-0.2, 0) is 4.79 Å². The zero-order valence-electron chi connectivity index (χ0n) is 8.55. The molecule has 4 nitrogen and oxygen atoms in total. The summed E-state index contributed by atoms with van der Waals surface area (Å²) >= 11 is 0. The maximum atomic E-state index is 10.9. The minimum absolute atomic E-state index is 0.0421. The number of anilines is 2. The zero-order chi connectivity index (χ0) is 11.5. The third-order valence-corrected chi connectivity index (χ3v) is 2.20. The second-order valence-corrected chi connectivity index (χ2v) is 3.39. The molecule has 80 valence electrons. The summed E-state index contributed by atoms with van der Waals surface area (Å²) in [6, 6.07) is 5.28. The van der Waals surface area contributed by atoms with Gasteiger partial charge in [-0.3, -0.25) is 4.79 Å². The van der Waals surface area contributed by atoms with Gasteiger partial charge in [0.25, 0.3) is 0 Å². The number of rotatable bonds is 1. The molecule has 1 aromatic rings. The smallest absolute Gasteiger partial charge is 0.178 e. The molecule has 0 heterocycles. The summed E-state index contributed by atoms with van der Waals surface area (Å²) in [5.74, 6) is -0.0421. The molecule has 0 fully saturated rings. The monoisotopic (exact) mass is 213 g/mol. The summed E-state index contributed by atoms with van der Waals surface area (Å²) < 4.78 is 0. The van der Waals surface area contributed by atoms with Gasteiger partial charge in [-0.05, 0) is 36.4 Å². The largest absolute Gasteiger partial charge is 0.397 e. The molecule has 1 aliphatic rings. The molecule has 0 atom stereocenters. The Hall–Kier alpha value is -2.36. The van der Waals surface area contributed by atoms with Crippen LogP contribution in [-0.4, -0.2) is 11.5 Å². The first-order valence-corrected chi connectivity index (χ1v) is 4.79. The van der Waals surface area contributed by atoms with Crippen LogP contribution in [0.1, 0.15) is 0 Å². The van der Waals surface area contributed by atoms with Gasteiger partial charge < -0.3 is 11.5 Å². The average molecular weight is 213 g/mol. The van der Waals surface area contributed by atoms with Crippen molar-refractivity contribution in [3.63, 3.8) is 0 Å². The van der Waals surface area contributed by atoms with E-state index in [-0.39, 0.29) is 5.78 Å². The minimum atomic E-state index is -0.0421. The summed E-state index contributed by atoms with van der Waals surface area (Å²) in [4.78, 5) is 15.2. The molecule has 0 saturated heterocycles. The van der Waals surface area contributed by atoms with Gasteiger partial charge in [0.05, 0.1) is 22.8 Å². The molecule has 4 N–H and O–H groups in total. The quantitative estimate of drug-likeness (QED) is 0.549. The number of nitrogen functional groups attached to an aromatic ring is 2. The Morgan fingerprint density at radius 1 is 1.00 bits per heavy atom. The predicted molar refractivity (Wildman–Crippen MR) is 65.6 cm³/mol. The third-order valence-electron chi connectivity index (χ3n) is 2.20. The molecule has 1 aromatic carbocycles. The molecular formula is C12H11N3O. The van der Waals surface area contributed by atoms with Gasteiger partial charge in [0.15, 0.2) is 5.78 Å². The fourth-order valence-electron chi connectivity index (χ4n) is 1.33. The number of carbonyl (C=O) groups is 1. The van der Waals surface area contributed by atoms with Gasteiger partial charge in [0, 0.05) is 0 Å². The molecular weight excluding hydrogens is 202 g/mol. The van der Waals surface area contributed by atoms with E-state index in [1.165, 1.54) is 12.2 Å². The Bertz CT molecular complexity index is 509. The highest BCUT2D eigenvalue weighted by molar-refractivity contribution is 6.17. The lowest BCUT2D eigenvalue weighted by Gasteiger charge is -2.04. The van der Waals surface area contributed by atoms with Crippen molar-refractivity contribution >= 4 is 28.6 Å². The van der Waals surface area contributed by atoms with E-state index in [9.17, 15) is 4.79 Å². The molecule has 16 heavy (non-hydrogen) atoms. The van der Waals surface area contributed by atoms with E-state index in [0.29, 0.717) is 22.8 Å². The van der Waals surface area contributed by atoms with E-state index in [1.54, 1.807) is 30.4 Å². The highest BCUT2D eigenvalue weighted by Crippen LogP contribution is 2.27. The van der Waals surface area contributed by atoms with Crippen LogP contribution in [0, 0.1) is 0 Å². The van der Waals surface area contributed by atoms with Crippen LogP contribution in [0.5, 0.6) is 0 Å². The van der Waals surface area contributed by atoms with Crippen LogP contribution < -0.4 is 11.5 Å². The molecule has 0 aliphatic heterocycles. The molecule has 0 bridgehead atoms. The number of para-hydroxylation sites is 1. The normalized spacial score (nSPS) is 14.2. The Morgan fingerprint density at radius 2 is 1.69 bits per heavy atom. The number of nitrogens with zero attached hydrogens (tertiary/aromatic N) is 1. The van der Waals surface area contributed by atoms with E-state index in [0.717, 1.165) is 0 Å². The lowest BCUT2D eigenvalue weighted by atomic mass is 10.1. The number of nitrogens with two attached hydrogens (primary N) is 2. The topological polar surface area (TPSA) is 81.5 Å². The van der Waals surface area contributed by atoms with Crippen molar-refractivity contribution in [2.24, 2.45) is 4.99 Å². The van der Waals surface area contributed by atoms with Crippen molar-refractivity contribution in [2.75, 3.05) is 11.5 Å². The maximum Gasteiger partial charge on any atom is 0.178 e. The van der Waals surface area contributed by atoms with E-state index in [2.05, 4.69) is 4.99 Å². The second-order valence-electron chi connectivity index (χ2n) is 3.39. The van der Waals surface area contributed by atoms with Crippen molar-refractivity contribution < 1.29 is 4.79 Å². The standard InChI is InChI=1S/C12H11N3O/c13-10-2-1-3-11(12(10)14)15-8-4-6-9(16)7-5-8/h1-7H,13-14H2. The highest BCUT2D eigenvalue weighted by Gasteiger charge is 2.03. The first-order valence-electron chi connectivity index (χ1n) is 4.79. The molecule has 0 spiro atoms. The number of aliphatic imine (C=N–C) groups is 1. The predicted octanol–water partition coefficient (Wildman–Crippen LogP) is 1.62. The van der Waals surface area contributed by atoms with Crippen LogP contribution in [0.3, 0.4) is 0 Å². The second kappa shape index (κ2) is 4.02. The summed E-state index contributed by atoms with van der Waals surface area (Å²) in [7, 11) is 0. The fourth-order valence-corrected chi connectivity index (χ4v) is 1.33. The SMILES string of the molecule is Nc1cccc(N=C2C=CC(=O)C=C2)c1N. The van der Waals surface area contributed by atoms with Crippen molar-refractivity contribution in [2.45, 2.75) is 0 Å². The number of ketones is 1. The first-order chi connectivity index (χ1) is 7.66. The number of hydrogen-bond acceptors (Lipinski definition) is 4. The summed E-state index contributed by atoms with van der Waals surface area (Å²) in [6.45, 7) is 0. The van der Waals surface area contributed by atoms with E-state index in [1.807, 2.05) is 0 Å². The van der Waals surface area contributed by atoms with Gasteiger partial charge >= 0.3 is 0 Å². The van der Waals surface area contributed by atoms with Crippen molar-refractivity contribution in [1.29, 1.82) is 0 Å². The van der Waals surface area contributed by atoms with Crippen LogP contribution in [0.4, 0.5) is 17.1 Å². The number of allylic oxidation sites excluding steroid dienone is 4.